The van der Waals surface area contributed by atoms with E-state index in [0.717, 1.165) is 11.1 Å². The first-order valence-electron chi connectivity index (χ1n) is 11.1. The fourth-order valence-electron chi connectivity index (χ4n) is 4.35. The number of aromatic nitrogens is 2. The summed E-state index contributed by atoms with van der Waals surface area (Å²) in [5, 5.41) is 24.2. The maximum Gasteiger partial charge on any atom is 0.333 e. The number of halogens is 1. The van der Waals surface area contributed by atoms with Crippen LogP contribution in [0, 0.1) is 5.92 Å². The summed E-state index contributed by atoms with van der Waals surface area (Å²) >= 11 is 7.48. The molecule has 1 fully saturated rings. The van der Waals surface area contributed by atoms with E-state index in [1.54, 1.807) is 0 Å². The largest absolute Gasteiger partial charge is 0.393 e. The van der Waals surface area contributed by atoms with E-state index in [2.05, 4.69) is 24.8 Å². The molecule has 0 spiro atoms. The van der Waals surface area contributed by atoms with Gasteiger partial charge in [-0.2, -0.15) is 8.42 Å². The van der Waals surface area contributed by atoms with E-state index in [-0.39, 0.29) is 24.5 Å². The topological polar surface area (TPSA) is 157 Å². The highest BCUT2D eigenvalue weighted by Crippen LogP contribution is 2.32. The second kappa shape index (κ2) is 11.3. The molecule has 10 nitrogen and oxygen atoms in total. The van der Waals surface area contributed by atoms with Gasteiger partial charge in [-0.05, 0) is 54.6 Å². The van der Waals surface area contributed by atoms with Gasteiger partial charge < -0.3 is 15.7 Å². The van der Waals surface area contributed by atoms with E-state index < -0.39 is 22.3 Å². The Balaban J connectivity index is 1.49. The molecule has 13 heteroatoms. The summed E-state index contributed by atoms with van der Waals surface area (Å²) in [7, 11) is -2.25. The van der Waals surface area contributed by atoms with Crippen molar-refractivity contribution < 1.29 is 22.5 Å². The Kier molecular flexibility index (Phi) is 8.35. The molecule has 1 aromatic carbocycles. The number of rotatable bonds is 10. The van der Waals surface area contributed by atoms with E-state index in [9.17, 15) is 18.3 Å². The van der Waals surface area contributed by atoms with Crippen LogP contribution in [0.2, 0.25) is 5.02 Å². The van der Waals surface area contributed by atoms with Gasteiger partial charge in [-0.1, -0.05) is 23.7 Å². The van der Waals surface area contributed by atoms with Crippen molar-refractivity contribution in [3.63, 3.8) is 0 Å². The summed E-state index contributed by atoms with van der Waals surface area (Å²) in [5.74, 6) is -0.315. The van der Waals surface area contributed by atoms with Gasteiger partial charge in [0.25, 0.3) is 0 Å². The Morgan fingerprint density at radius 3 is 2.86 bits per heavy atom. The van der Waals surface area contributed by atoms with Gasteiger partial charge >= 0.3 is 10.3 Å². The zero-order valence-electron chi connectivity index (χ0n) is 19.3. The molecule has 4 rings (SSSR count). The molecule has 0 aliphatic heterocycles. The predicted octanol–water partition coefficient (Wildman–Crippen LogP) is 2.50. The Bertz CT molecular complexity index is 1340. The minimum Gasteiger partial charge on any atom is -0.393 e. The fraction of sp³-hybridized carbons (Fsp3) is 0.348. The van der Waals surface area contributed by atoms with Crippen molar-refractivity contribution in [2.75, 3.05) is 19.0 Å². The van der Waals surface area contributed by atoms with Crippen molar-refractivity contribution in [1.82, 2.24) is 15.3 Å². The summed E-state index contributed by atoms with van der Waals surface area (Å²) in [6.07, 6.45) is 2.76. The Hall–Kier alpha value is -2.45. The standard InChI is InChI=1S/C23H26ClN5O5S2/c1-26-21(13-3-2-4-16(24)5-13)15-7-20(35-11-15)22(31)18-9-27-12-28-23(18)29-17-6-14(19(30)8-17)10-34-36(25,32)33/h2-5,7,9,11-12,14,17,19,21,26,30H,6,8,10H2,1H3,(H2,25,32,33)(H,27,28,29)/t14-,17-,19+,21?/m1/s1. The maximum atomic E-state index is 13.4. The smallest absolute Gasteiger partial charge is 0.333 e. The van der Waals surface area contributed by atoms with Crippen molar-refractivity contribution in [3.05, 3.63) is 74.8 Å². The lowest BCUT2D eigenvalue weighted by atomic mass is 10.0. The number of carbonyl (C=O) groups is 1. The third-order valence-electron chi connectivity index (χ3n) is 6.05. The lowest BCUT2D eigenvalue weighted by molar-refractivity contribution is 0.101. The first-order valence-corrected chi connectivity index (χ1v) is 13.8. The van der Waals surface area contributed by atoms with E-state index in [1.165, 1.54) is 23.9 Å². The number of nitrogens with zero attached hydrogens (tertiary/aromatic N) is 2. The van der Waals surface area contributed by atoms with Crippen LogP contribution in [0.15, 0.2) is 48.2 Å². The molecule has 2 aromatic heterocycles. The molecule has 0 bridgehead atoms. The SMILES string of the molecule is CNC(c1cccc(Cl)c1)c1csc(C(=O)c2cncnc2N[C@@H]2C[C@H](COS(N)(=O)=O)[C@@H](O)C2)c1. The van der Waals surface area contributed by atoms with E-state index in [0.29, 0.717) is 34.1 Å². The lowest BCUT2D eigenvalue weighted by Gasteiger charge is -2.16. The van der Waals surface area contributed by atoms with E-state index in [1.807, 2.05) is 42.8 Å². The van der Waals surface area contributed by atoms with Crippen molar-refractivity contribution in [1.29, 1.82) is 0 Å². The summed E-state index contributed by atoms with van der Waals surface area (Å²) < 4.78 is 26.8. The molecule has 1 aliphatic rings. The van der Waals surface area contributed by atoms with Crippen LogP contribution in [0.1, 0.15) is 45.2 Å². The molecule has 3 aromatic rings. The fourth-order valence-corrected chi connectivity index (χ4v) is 5.80. The second-order valence-corrected chi connectivity index (χ2v) is 11.1. The highest BCUT2D eigenvalue weighted by Gasteiger charge is 2.35. The van der Waals surface area contributed by atoms with Gasteiger partial charge in [0.15, 0.2) is 0 Å². The van der Waals surface area contributed by atoms with Gasteiger partial charge in [0.05, 0.1) is 29.2 Å². The van der Waals surface area contributed by atoms with Crippen molar-refractivity contribution in [3.8, 4) is 0 Å². The molecular formula is C23H26ClN5O5S2. The molecule has 36 heavy (non-hydrogen) atoms. The average molecular weight is 552 g/mol. The number of anilines is 1. The molecule has 0 amide bonds. The average Bonchev–Trinajstić information content (AvgIpc) is 3.44. The number of hydrogen-bond acceptors (Lipinski definition) is 10. The number of aliphatic hydroxyl groups excluding tert-OH is 1. The Labute approximate surface area is 218 Å². The van der Waals surface area contributed by atoms with Crippen molar-refractivity contribution >= 4 is 44.8 Å². The molecule has 0 radical (unpaired) electrons. The van der Waals surface area contributed by atoms with Gasteiger partial charge in [-0.3, -0.25) is 8.98 Å². The summed E-state index contributed by atoms with van der Waals surface area (Å²) in [6.45, 7) is -0.217. The van der Waals surface area contributed by atoms with Crippen LogP contribution < -0.4 is 15.8 Å². The molecule has 2 heterocycles. The van der Waals surface area contributed by atoms with Crippen LogP contribution in [0.25, 0.3) is 0 Å². The van der Waals surface area contributed by atoms with Gasteiger partial charge in [0, 0.05) is 23.2 Å². The van der Waals surface area contributed by atoms with E-state index in [4.69, 9.17) is 16.7 Å². The van der Waals surface area contributed by atoms with Crippen LogP contribution in [0.5, 0.6) is 0 Å². The molecule has 1 aliphatic carbocycles. The highest BCUT2D eigenvalue weighted by molar-refractivity contribution is 7.84. The number of benzene rings is 1. The van der Waals surface area contributed by atoms with Crippen LogP contribution in [0.4, 0.5) is 5.82 Å². The molecule has 1 saturated carbocycles. The Morgan fingerprint density at radius 2 is 2.14 bits per heavy atom. The molecule has 192 valence electrons. The van der Waals surface area contributed by atoms with Crippen LogP contribution in [-0.2, 0) is 14.5 Å². The number of carbonyl (C=O) groups excluding carboxylic acids is 1. The first-order chi connectivity index (χ1) is 17.1. The molecule has 1 unspecified atom stereocenters. The van der Waals surface area contributed by atoms with Gasteiger partial charge in [-0.25, -0.2) is 15.1 Å². The number of hydrogen-bond donors (Lipinski definition) is 4. The minimum absolute atomic E-state index is 0.136. The molecular weight excluding hydrogens is 526 g/mol. The minimum atomic E-state index is -4.09. The third kappa shape index (κ3) is 6.45. The number of ketones is 1. The number of aliphatic hydroxyl groups is 1. The van der Waals surface area contributed by atoms with Crippen molar-refractivity contribution in [2.45, 2.75) is 31.0 Å². The monoisotopic (exact) mass is 551 g/mol. The van der Waals surface area contributed by atoms with Gasteiger partial charge in [0.1, 0.15) is 12.1 Å². The second-order valence-electron chi connectivity index (χ2n) is 8.55. The zero-order valence-corrected chi connectivity index (χ0v) is 21.7. The number of thiophene rings is 1. The molecule has 5 N–H and O–H groups in total. The molecule has 0 saturated heterocycles. The molecule has 4 atom stereocenters. The van der Waals surface area contributed by atoms with Crippen molar-refractivity contribution in [2.24, 2.45) is 11.1 Å². The number of nitrogens with one attached hydrogen (secondary N) is 2. The van der Waals surface area contributed by atoms with E-state index >= 15 is 0 Å². The predicted molar refractivity (Wildman–Crippen MR) is 137 cm³/mol. The first kappa shape index (κ1) is 26.6. The quantitative estimate of drug-likeness (QED) is 0.278. The van der Waals surface area contributed by atoms with Crippen LogP contribution >= 0.6 is 22.9 Å². The van der Waals surface area contributed by atoms with Gasteiger partial charge in [0.2, 0.25) is 5.78 Å². The zero-order chi connectivity index (χ0) is 25.9. The maximum absolute atomic E-state index is 13.4. The van der Waals surface area contributed by atoms with Gasteiger partial charge in [-0.15, -0.1) is 11.3 Å². The van der Waals surface area contributed by atoms with Crippen LogP contribution in [-0.4, -0.2) is 55.1 Å². The Morgan fingerprint density at radius 1 is 1.33 bits per heavy atom. The highest BCUT2D eigenvalue weighted by atomic mass is 35.5. The summed E-state index contributed by atoms with van der Waals surface area (Å²) in [4.78, 5) is 22.2. The normalized spacial score (nSPS) is 20.8. The summed E-state index contributed by atoms with van der Waals surface area (Å²) in [5.41, 5.74) is 2.21. The summed E-state index contributed by atoms with van der Waals surface area (Å²) in [6, 6.07) is 9.00. The third-order valence-corrected chi connectivity index (χ3v) is 7.70. The van der Waals surface area contributed by atoms with Crippen LogP contribution in [0.3, 0.4) is 0 Å². The lowest BCUT2D eigenvalue weighted by Crippen LogP contribution is -2.24. The number of nitrogens with two attached hydrogens (primary N) is 1.